The van der Waals surface area contributed by atoms with Gasteiger partial charge in [-0.25, -0.2) is 4.98 Å². The maximum Gasteiger partial charge on any atom is 0.241 e. The van der Waals surface area contributed by atoms with Crippen molar-refractivity contribution in [2.24, 2.45) is 0 Å². The monoisotopic (exact) mass is 284 g/mol. The highest BCUT2D eigenvalue weighted by molar-refractivity contribution is 5.94. The highest BCUT2D eigenvalue weighted by atomic mass is 16.2. The van der Waals surface area contributed by atoms with Gasteiger partial charge in [0.1, 0.15) is 0 Å². The number of carbonyl (C=O) groups is 1. The van der Waals surface area contributed by atoms with E-state index in [-0.39, 0.29) is 11.9 Å². The average Bonchev–Trinajstić information content (AvgIpc) is 3.01. The van der Waals surface area contributed by atoms with Crippen LogP contribution in [0.25, 0.3) is 0 Å². The largest absolute Gasteiger partial charge is 0.333 e. The maximum atomic E-state index is 12.2. The van der Waals surface area contributed by atoms with Gasteiger partial charge in [0.15, 0.2) is 0 Å². The number of nitrogens with one attached hydrogen (secondary N) is 2. The van der Waals surface area contributed by atoms with Crippen LogP contribution in [0.15, 0.2) is 43.0 Å². The van der Waals surface area contributed by atoms with Gasteiger partial charge in [-0.05, 0) is 37.1 Å². The Morgan fingerprint density at radius 1 is 1.43 bits per heavy atom. The van der Waals surface area contributed by atoms with Crippen LogP contribution in [0.5, 0.6) is 0 Å². The minimum Gasteiger partial charge on any atom is -0.333 e. The molecule has 110 valence electrons. The molecule has 1 aromatic carbocycles. The first-order valence-corrected chi connectivity index (χ1v) is 7.40. The molecule has 1 aliphatic heterocycles. The second-order valence-electron chi connectivity index (χ2n) is 5.43. The third kappa shape index (κ3) is 3.70. The molecule has 5 heteroatoms. The molecule has 0 saturated carbocycles. The van der Waals surface area contributed by atoms with E-state index in [0.717, 1.165) is 43.6 Å². The Bertz CT molecular complexity index is 588. The number of aromatic nitrogens is 2. The zero-order valence-corrected chi connectivity index (χ0v) is 12.0. The van der Waals surface area contributed by atoms with Gasteiger partial charge >= 0.3 is 0 Å². The quantitative estimate of drug-likeness (QED) is 0.903. The van der Waals surface area contributed by atoms with Crippen LogP contribution in [0.3, 0.4) is 0 Å². The predicted molar refractivity (Wildman–Crippen MR) is 82.0 cm³/mol. The van der Waals surface area contributed by atoms with Gasteiger partial charge in [-0.3, -0.25) is 4.79 Å². The Hall–Kier alpha value is -2.14. The highest BCUT2D eigenvalue weighted by Crippen LogP contribution is 2.14. The van der Waals surface area contributed by atoms with Crippen molar-refractivity contribution in [3.8, 4) is 0 Å². The van der Waals surface area contributed by atoms with Gasteiger partial charge in [-0.15, -0.1) is 0 Å². The van der Waals surface area contributed by atoms with Gasteiger partial charge in [0.25, 0.3) is 0 Å². The molecule has 21 heavy (non-hydrogen) atoms. The smallest absolute Gasteiger partial charge is 0.241 e. The summed E-state index contributed by atoms with van der Waals surface area (Å²) in [6.07, 6.45) is 8.67. The topological polar surface area (TPSA) is 59.0 Å². The van der Waals surface area contributed by atoms with Gasteiger partial charge in [-0.2, -0.15) is 0 Å². The van der Waals surface area contributed by atoms with Crippen molar-refractivity contribution in [2.45, 2.75) is 31.8 Å². The van der Waals surface area contributed by atoms with E-state index in [2.05, 4.69) is 21.7 Å². The van der Waals surface area contributed by atoms with Gasteiger partial charge in [0.05, 0.1) is 12.4 Å². The third-order valence-electron chi connectivity index (χ3n) is 3.75. The van der Waals surface area contributed by atoms with E-state index in [9.17, 15) is 4.79 Å². The molecular formula is C16H20N4O. The van der Waals surface area contributed by atoms with Crippen LogP contribution in [0.1, 0.15) is 24.8 Å². The summed E-state index contributed by atoms with van der Waals surface area (Å²) in [5, 5.41) is 6.27. The van der Waals surface area contributed by atoms with Crippen LogP contribution < -0.4 is 10.6 Å². The molecular weight excluding hydrogens is 264 g/mol. The van der Waals surface area contributed by atoms with Gasteiger partial charge < -0.3 is 15.2 Å². The number of piperidine rings is 1. The molecule has 0 radical (unpaired) electrons. The second kappa shape index (κ2) is 6.54. The molecule has 3 rings (SSSR count). The summed E-state index contributed by atoms with van der Waals surface area (Å²) in [6, 6.07) is 7.90. The van der Waals surface area contributed by atoms with E-state index in [4.69, 9.17) is 0 Å². The zero-order chi connectivity index (χ0) is 14.5. The van der Waals surface area contributed by atoms with Crippen LogP contribution in [-0.2, 0) is 11.3 Å². The van der Waals surface area contributed by atoms with Crippen LogP contribution in [-0.4, -0.2) is 28.0 Å². The fraction of sp³-hybridized carbons (Fsp3) is 0.375. The number of nitrogens with zero attached hydrogens (tertiary/aromatic N) is 2. The SMILES string of the molecule is O=C(Nc1cccc(Cn2ccnc2)c1)C1CCCCN1. The lowest BCUT2D eigenvalue weighted by molar-refractivity contribution is -0.118. The van der Waals surface area contributed by atoms with Crippen molar-refractivity contribution < 1.29 is 4.79 Å². The van der Waals surface area contributed by atoms with Crippen molar-refractivity contribution in [3.63, 3.8) is 0 Å². The van der Waals surface area contributed by atoms with Crippen LogP contribution in [0.2, 0.25) is 0 Å². The fourth-order valence-corrected chi connectivity index (χ4v) is 2.64. The minimum absolute atomic E-state index is 0.0592. The van der Waals surface area contributed by atoms with E-state index >= 15 is 0 Å². The van der Waals surface area contributed by atoms with E-state index in [1.807, 2.05) is 29.0 Å². The first-order chi connectivity index (χ1) is 10.3. The van der Waals surface area contributed by atoms with Gasteiger partial charge in [0, 0.05) is 24.6 Å². The van der Waals surface area contributed by atoms with Crippen molar-refractivity contribution in [3.05, 3.63) is 48.5 Å². The highest BCUT2D eigenvalue weighted by Gasteiger charge is 2.20. The van der Waals surface area contributed by atoms with E-state index in [1.54, 1.807) is 12.5 Å². The average molecular weight is 284 g/mol. The molecule has 1 saturated heterocycles. The molecule has 1 unspecified atom stereocenters. The van der Waals surface area contributed by atoms with E-state index < -0.39 is 0 Å². The molecule has 0 aliphatic carbocycles. The molecule has 5 nitrogen and oxygen atoms in total. The number of rotatable bonds is 4. The Morgan fingerprint density at radius 3 is 3.14 bits per heavy atom. The van der Waals surface area contributed by atoms with Crippen LogP contribution in [0.4, 0.5) is 5.69 Å². The number of hydrogen-bond acceptors (Lipinski definition) is 3. The number of imidazole rings is 1. The molecule has 1 atom stereocenters. The summed E-state index contributed by atoms with van der Waals surface area (Å²) >= 11 is 0. The molecule has 1 aromatic heterocycles. The van der Waals surface area contributed by atoms with Crippen LogP contribution >= 0.6 is 0 Å². The first-order valence-electron chi connectivity index (χ1n) is 7.40. The molecule has 1 aliphatic rings. The van der Waals surface area contributed by atoms with Crippen molar-refractivity contribution in [2.75, 3.05) is 11.9 Å². The molecule has 2 aromatic rings. The Balaban J connectivity index is 1.63. The Labute approximate surface area is 124 Å². The van der Waals surface area contributed by atoms with Crippen molar-refractivity contribution in [1.29, 1.82) is 0 Å². The summed E-state index contributed by atoms with van der Waals surface area (Å²) in [7, 11) is 0. The lowest BCUT2D eigenvalue weighted by atomic mass is 10.0. The molecule has 2 N–H and O–H groups in total. The molecule has 1 amide bonds. The first kappa shape index (κ1) is 13.8. The number of carbonyl (C=O) groups excluding carboxylic acids is 1. The fourth-order valence-electron chi connectivity index (χ4n) is 2.64. The minimum atomic E-state index is -0.0592. The van der Waals surface area contributed by atoms with E-state index in [1.165, 1.54) is 0 Å². The van der Waals surface area contributed by atoms with Gasteiger partial charge in [-0.1, -0.05) is 18.6 Å². The summed E-state index contributed by atoms with van der Waals surface area (Å²) in [5.74, 6) is 0.0643. The lowest BCUT2D eigenvalue weighted by Gasteiger charge is -2.22. The van der Waals surface area contributed by atoms with Gasteiger partial charge in [0.2, 0.25) is 5.91 Å². The zero-order valence-electron chi connectivity index (χ0n) is 12.0. The van der Waals surface area contributed by atoms with Crippen molar-refractivity contribution in [1.82, 2.24) is 14.9 Å². The number of amides is 1. The predicted octanol–water partition coefficient (Wildman–Crippen LogP) is 2.01. The summed E-state index contributed by atoms with van der Waals surface area (Å²) in [6.45, 7) is 1.68. The molecule has 0 bridgehead atoms. The number of anilines is 1. The summed E-state index contributed by atoms with van der Waals surface area (Å²) in [5.41, 5.74) is 1.99. The maximum absolute atomic E-state index is 12.2. The normalized spacial score (nSPS) is 18.4. The summed E-state index contributed by atoms with van der Waals surface area (Å²) in [4.78, 5) is 16.2. The van der Waals surface area contributed by atoms with Crippen LogP contribution in [0, 0.1) is 0 Å². The number of benzene rings is 1. The van der Waals surface area contributed by atoms with Crippen molar-refractivity contribution >= 4 is 11.6 Å². The molecule has 0 spiro atoms. The summed E-state index contributed by atoms with van der Waals surface area (Å²) < 4.78 is 2.00. The molecule has 2 heterocycles. The molecule has 1 fully saturated rings. The number of hydrogen-bond donors (Lipinski definition) is 2. The second-order valence-corrected chi connectivity index (χ2v) is 5.43. The Kier molecular flexibility index (Phi) is 4.31. The Morgan fingerprint density at radius 2 is 2.38 bits per heavy atom. The lowest BCUT2D eigenvalue weighted by Crippen LogP contribution is -2.43. The van der Waals surface area contributed by atoms with E-state index in [0.29, 0.717) is 0 Å². The standard InChI is InChI=1S/C16H20N4O/c21-16(15-6-1-2-7-18-15)19-14-5-3-4-13(10-14)11-20-9-8-17-12-20/h3-5,8-10,12,15,18H,1-2,6-7,11H2,(H,19,21). The third-order valence-corrected chi connectivity index (χ3v) is 3.75.